The van der Waals surface area contributed by atoms with Crippen LogP contribution in [0.4, 0.5) is 5.69 Å². The van der Waals surface area contributed by atoms with E-state index in [1.807, 2.05) is 0 Å². The molecule has 0 aliphatic carbocycles. The van der Waals surface area contributed by atoms with Gasteiger partial charge in [0.15, 0.2) is 0 Å². The van der Waals surface area contributed by atoms with Crippen LogP contribution in [0.3, 0.4) is 0 Å². The number of benzene rings is 2. The van der Waals surface area contributed by atoms with Gasteiger partial charge in [0.2, 0.25) is 0 Å². The average molecular weight is 317 g/mol. The van der Waals surface area contributed by atoms with Crippen LogP contribution < -0.4 is 10.2 Å². The molecule has 1 N–H and O–H groups in total. The summed E-state index contributed by atoms with van der Waals surface area (Å²) in [5, 5.41) is 3.49. The maximum Gasteiger partial charge on any atom is 0.0667 e. The Labute approximate surface area is 122 Å². The molecule has 3 heteroatoms. The van der Waals surface area contributed by atoms with Crippen LogP contribution in [-0.4, -0.2) is 19.6 Å². The highest BCUT2D eigenvalue weighted by molar-refractivity contribution is 9.10. The smallest absolute Gasteiger partial charge is 0.0667 e. The zero-order valence-electron chi connectivity index (χ0n) is 10.7. The first-order valence-electron chi connectivity index (χ1n) is 6.62. The van der Waals surface area contributed by atoms with Crippen molar-refractivity contribution in [2.75, 3.05) is 24.5 Å². The predicted octanol–water partition coefficient (Wildman–Crippen LogP) is 3.60. The van der Waals surface area contributed by atoms with Crippen molar-refractivity contribution in [3.05, 3.63) is 64.6 Å². The third kappa shape index (κ3) is 2.82. The Balaban J connectivity index is 1.93. The molecule has 1 aliphatic rings. The molecule has 0 spiro atoms. The Kier molecular flexibility index (Phi) is 3.85. The molecule has 1 unspecified atom stereocenters. The van der Waals surface area contributed by atoms with Gasteiger partial charge in [0.25, 0.3) is 0 Å². The summed E-state index contributed by atoms with van der Waals surface area (Å²) in [5.74, 6) is 0. The third-order valence-electron chi connectivity index (χ3n) is 3.57. The van der Waals surface area contributed by atoms with Gasteiger partial charge in [-0.3, -0.25) is 0 Å². The minimum atomic E-state index is 0.407. The molecule has 0 radical (unpaired) electrons. The van der Waals surface area contributed by atoms with Crippen LogP contribution in [0.15, 0.2) is 59.1 Å². The molecule has 0 bridgehead atoms. The molecular formula is C16H17BrN2. The summed E-state index contributed by atoms with van der Waals surface area (Å²) in [7, 11) is 0. The van der Waals surface area contributed by atoms with Crippen molar-refractivity contribution in [3.8, 4) is 0 Å². The van der Waals surface area contributed by atoms with Crippen molar-refractivity contribution in [2.24, 2.45) is 0 Å². The Bertz CT molecular complexity index is 541. The van der Waals surface area contributed by atoms with E-state index in [4.69, 9.17) is 0 Å². The van der Waals surface area contributed by atoms with Crippen molar-refractivity contribution in [3.63, 3.8) is 0 Å². The van der Waals surface area contributed by atoms with Gasteiger partial charge in [0.05, 0.1) is 6.04 Å². The summed E-state index contributed by atoms with van der Waals surface area (Å²) in [4.78, 5) is 2.48. The fourth-order valence-corrected chi connectivity index (χ4v) is 3.03. The van der Waals surface area contributed by atoms with E-state index in [-0.39, 0.29) is 0 Å². The number of halogens is 1. The lowest BCUT2D eigenvalue weighted by molar-refractivity contribution is 0.490. The standard InChI is InChI=1S/C16H17BrN2/c17-14-7-4-8-15(11-14)19-10-9-18-12-16(19)13-5-2-1-3-6-13/h1-8,11,16,18H,9-10,12H2. The first-order chi connectivity index (χ1) is 9.34. The second-order valence-corrected chi connectivity index (χ2v) is 5.72. The van der Waals surface area contributed by atoms with Gasteiger partial charge in [-0.05, 0) is 23.8 Å². The summed E-state index contributed by atoms with van der Waals surface area (Å²) < 4.78 is 1.13. The molecule has 2 aromatic rings. The monoisotopic (exact) mass is 316 g/mol. The van der Waals surface area contributed by atoms with E-state index in [0.717, 1.165) is 24.1 Å². The van der Waals surface area contributed by atoms with Crippen molar-refractivity contribution >= 4 is 21.6 Å². The fourth-order valence-electron chi connectivity index (χ4n) is 2.64. The van der Waals surface area contributed by atoms with E-state index in [2.05, 4.69) is 80.7 Å². The zero-order chi connectivity index (χ0) is 13.1. The molecule has 19 heavy (non-hydrogen) atoms. The van der Waals surface area contributed by atoms with Crippen LogP contribution in [0.1, 0.15) is 11.6 Å². The lowest BCUT2D eigenvalue weighted by Gasteiger charge is -2.38. The summed E-state index contributed by atoms with van der Waals surface area (Å²) in [6.45, 7) is 3.07. The number of nitrogens with zero attached hydrogens (tertiary/aromatic N) is 1. The molecule has 98 valence electrons. The summed E-state index contributed by atoms with van der Waals surface area (Å²) in [5.41, 5.74) is 2.65. The molecule has 0 amide bonds. The van der Waals surface area contributed by atoms with E-state index in [1.165, 1.54) is 11.3 Å². The van der Waals surface area contributed by atoms with Crippen LogP contribution in [0, 0.1) is 0 Å². The van der Waals surface area contributed by atoms with Crippen molar-refractivity contribution in [2.45, 2.75) is 6.04 Å². The maximum absolute atomic E-state index is 3.56. The van der Waals surface area contributed by atoms with Crippen LogP contribution in [0.2, 0.25) is 0 Å². The lowest BCUT2D eigenvalue weighted by Crippen LogP contribution is -2.46. The third-order valence-corrected chi connectivity index (χ3v) is 4.06. The summed E-state index contributed by atoms with van der Waals surface area (Å²) >= 11 is 3.56. The van der Waals surface area contributed by atoms with Gasteiger partial charge in [-0.15, -0.1) is 0 Å². The number of nitrogens with one attached hydrogen (secondary N) is 1. The largest absolute Gasteiger partial charge is 0.362 e. The zero-order valence-corrected chi connectivity index (χ0v) is 12.3. The molecule has 1 aliphatic heterocycles. The van der Waals surface area contributed by atoms with Crippen molar-refractivity contribution in [1.82, 2.24) is 5.32 Å². The highest BCUT2D eigenvalue weighted by atomic mass is 79.9. The first kappa shape index (κ1) is 12.7. The molecule has 2 nitrogen and oxygen atoms in total. The number of rotatable bonds is 2. The Hall–Kier alpha value is -1.32. The van der Waals surface area contributed by atoms with Crippen LogP contribution in [-0.2, 0) is 0 Å². The minimum absolute atomic E-state index is 0.407. The van der Waals surface area contributed by atoms with Gasteiger partial charge in [-0.1, -0.05) is 52.3 Å². The number of hydrogen-bond donors (Lipinski definition) is 1. The van der Waals surface area contributed by atoms with Crippen molar-refractivity contribution < 1.29 is 0 Å². The predicted molar refractivity (Wildman–Crippen MR) is 83.5 cm³/mol. The SMILES string of the molecule is Brc1cccc(N2CCNCC2c2ccccc2)c1. The van der Waals surface area contributed by atoms with Gasteiger partial charge >= 0.3 is 0 Å². The summed E-state index contributed by atoms with van der Waals surface area (Å²) in [6.07, 6.45) is 0. The highest BCUT2D eigenvalue weighted by Gasteiger charge is 2.23. The average Bonchev–Trinajstić information content (AvgIpc) is 2.48. The van der Waals surface area contributed by atoms with Gasteiger partial charge in [0, 0.05) is 29.8 Å². The molecule has 1 atom stereocenters. The van der Waals surface area contributed by atoms with E-state index >= 15 is 0 Å². The normalized spacial score (nSPS) is 19.4. The second-order valence-electron chi connectivity index (χ2n) is 4.80. The van der Waals surface area contributed by atoms with Gasteiger partial charge in [0.1, 0.15) is 0 Å². The highest BCUT2D eigenvalue weighted by Crippen LogP contribution is 2.29. The van der Waals surface area contributed by atoms with Gasteiger partial charge in [-0.2, -0.15) is 0 Å². The van der Waals surface area contributed by atoms with Crippen molar-refractivity contribution in [1.29, 1.82) is 0 Å². The molecule has 1 saturated heterocycles. The van der Waals surface area contributed by atoms with E-state index in [9.17, 15) is 0 Å². The molecule has 3 rings (SSSR count). The minimum Gasteiger partial charge on any atom is -0.362 e. The lowest BCUT2D eigenvalue weighted by atomic mass is 10.0. The molecule has 2 aromatic carbocycles. The maximum atomic E-state index is 3.56. The Morgan fingerprint density at radius 1 is 1.05 bits per heavy atom. The quantitative estimate of drug-likeness (QED) is 0.910. The molecule has 0 aromatic heterocycles. The number of anilines is 1. The summed E-state index contributed by atoms with van der Waals surface area (Å²) in [6, 6.07) is 19.7. The van der Waals surface area contributed by atoms with Crippen LogP contribution in [0.5, 0.6) is 0 Å². The van der Waals surface area contributed by atoms with E-state index < -0.39 is 0 Å². The van der Waals surface area contributed by atoms with Crippen LogP contribution >= 0.6 is 15.9 Å². The molecule has 0 saturated carbocycles. The van der Waals surface area contributed by atoms with E-state index in [1.54, 1.807) is 0 Å². The van der Waals surface area contributed by atoms with Gasteiger partial charge < -0.3 is 10.2 Å². The fraction of sp³-hybridized carbons (Fsp3) is 0.250. The van der Waals surface area contributed by atoms with Crippen LogP contribution in [0.25, 0.3) is 0 Å². The van der Waals surface area contributed by atoms with E-state index in [0.29, 0.717) is 6.04 Å². The number of hydrogen-bond acceptors (Lipinski definition) is 2. The molecular weight excluding hydrogens is 300 g/mol. The topological polar surface area (TPSA) is 15.3 Å². The second kappa shape index (κ2) is 5.76. The Morgan fingerprint density at radius 3 is 2.68 bits per heavy atom. The Morgan fingerprint density at radius 2 is 1.89 bits per heavy atom. The number of piperazine rings is 1. The first-order valence-corrected chi connectivity index (χ1v) is 7.42. The molecule has 1 fully saturated rings. The molecule has 1 heterocycles. The van der Waals surface area contributed by atoms with Gasteiger partial charge in [-0.25, -0.2) is 0 Å².